The van der Waals surface area contributed by atoms with Crippen LogP contribution in [0.25, 0.3) is 0 Å². The fourth-order valence-electron chi connectivity index (χ4n) is 1.26. The average molecular weight is 188 g/mol. The van der Waals surface area contributed by atoms with Crippen LogP contribution in [0.1, 0.15) is 40.0 Å². The van der Waals surface area contributed by atoms with Gasteiger partial charge in [0.2, 0.25) is 0 Å². The fraction of sp³-hybridized carbons (Fsp3) is 0.900. The molecule has 0 heterocycles. The second kappa shape index (κ2) is 6.89. The van der Waals surface area contributed by atoms with Crippen LogP contribution >= 0.6 is 0 Å². The second-order valence-electron chi connectivity index (χ2n) is 3.51. The number of aliphatic hydroxyl groups is 1. The van der Waals surface area contributed by atoms with E-state index in [1.165, 1.54) is 0 Å². The van der Waals surface area contributed by atoms with Crippen LogP contribution < -0.4 is 0 Å². The number of carbonyl (C=O) groups excluding carboxylic acids is 1. The smallest absolute Gasteiger partial charge is 0.305 e. The number of carbonyl (C=O) groups is 1. The van der Waals surface area contributed by atoms with Crippen LogP contribution in [0.4, 0.5) is 0 Å². The van der Waals surface area contributed by atoms with Gasteiger partial charge in [-0.3, -0.25) is 4.79 Å². The minimum atomic E-state index is -0.149. The van der Waals surface area contributed by atoms with Crippen LogP contribution in [0.3, 0.4) is 0 Å². The Morgan fingerprint density at radius 2 is 2.08 bits per heavy atom. The van der Waals surface area contributed by atoms with E-state index in [-0.39, 0.29) is 18.7 Å². The van der Waals surface area contributed by atoms with Gasteiger partial charge >= 0.3 is 5.97 Å². The van der Waals surface area contributed by atoms with E-state index in [2.05, 4.69) is 0 Å². The maximum atomic E-state index is 10.9. The van der Waals surface area contributed by atoms with Gasteiger partial charge in [-0.15, -0.1) is 0 Å². The van der Waals surface area contributed by atoms with E-state index >= 15 is 0 Å². The monoisotopic (exact) mass is 188 g/mol. The normalized spacial score (nSPS) is 15.1. The zero-order chi connectivity index (χ0) is 10.3. The van der Waals surface area contributed by atoms with Crippen LogP contribution in [-0.2, 0) is 9.53 Å². The number of hydrogen-bond donors (Lipinski definition) is 1. The molecule has 0 aromatic rings. The number of aliphatic hydroxyl groups excluding tert-OH is 1. The Balaban J connectivity index is 3.60. The molecule has 0 amide bonds. The average Bonchev–Trinajstić information content (AvgIpc) is 2.04. The molecule has 1 N–H and O–H groups in total. The van der Waals surface area contributed by atoms with Crippen molar-refractivity contribution < 1.29 is 14.6 Å². The Hall–Kier alpha value is -0.570. The summed E-state index contributed by atoms with van der Waals surface area (Å²) in [5.41, 5.74) is 0. The molecule has 3 heteroatoms. The highest BCUT2D eigenvalue weighted by Gasteiger charge is 2.11. The van der Waals surface area contributed by atoms with Crippen LogP contribution in [0.2, 0.25) is 0 Å². The minimum Gasteiger partial charge on any atom is -0.463 e. The van der Waals surface area contributed by atoms with Crippen LogP contribution in [0, 0.1) is 5.92 Å². The van der Waals surface area contributed by atoms with Crippen LogP contribution in [0.5, 0.6) is 0 Å². The van der Waals surface area contributed by atoms with E-state index in [1.807, 2.05) is 13.8 Å². The molecule has 0 bridgehead atoms. The SMILES string of the molecule is CCC(=O)OC(C)CC(C)CCO. The summed E-state index contributed by atoms with van der Waals surface area (Å²) in [7, 11) is 0. The van der Waals surface area contributed by atoms with Crippen molar-refractivity contribution in [2.24, 2.45) is 5.92 Å². The third-order valence-corrected chi connectivity index (χ3v) is 1.98. The first-order valence-electron chi connectivity index (χ1n) is 4.90. The number of rotatable bonds is 6. The molecule has 0 aliphatic heterocycles. The van der Waals surface area contributed by atoms with Crippen molar-refractivity contribution in [3.05, 3.63) is 0 Å². The standard InChI is InChI=1S/C10H20O3/c1-4-10(12)13-9(3)7-8(2)5-6-11/h8-9,11H,4-7H2,1-3H3. The quantitative estimate of drug-likeness (QED) is 0.646. The van der Waals surface area contributed by atoms with Crippen LogP contribution in [0.15, 0.2) is 0 Å². The molecule has 0 fully saturated rings. The summed E-state index contributed by atoms with van der Waals surface area (Å²) in [5.74, 6) is 0.258. The van der Waals surface area contributed by atoms with Crippen molar-refractivity contribution in [3.63, 3.8) is 0 Å². The third kappa shape index (κ3) is 6.58. The van der Waals surface area contributed by atoms with Gasteiger partial charge in [-0.2, -0.15) is 0 Å². The van der Waals surface area contributed by atoms with Crippen molar-refractivity contribution in [3.8, 4) is 0 Å². The summed E-state index contributed by atoms with van der Waals surface area (Å²) in [6.45, 7) is 5.93. The lowest BCUT2D eigenvalue weighted by atomic mass is 10.0. The molecule has 0 spiro atoms. The molecule has 0 aliphatic rings. The molecular weight excluding hydrogens is 168 g/mol. The Kier molecular flexibility index (Phi) is 6.59. The fourth-order valence-corrected chi connectivity index (χ4v) is 1.26. The number of esters is 1. The predicted octanol–water partition coefficient (Wildman–Crippen LogP) is 1.74. The Morgan fingerprint density at radius 3 is 2.54 bits per heavy atom. The van der Waals surface area contributed by atoms with Crippen molar-refractivity contribution in [1.82, 2.24) is 0 Å². The van der Waals surface area contributed by atoms with Gasteiger partial charge in [0.05, 0.1) is 6.10 Å². The van der Waals surface area contributed by atoms with E-state index in [0.717, 1.165) is 12.8 Å². The Labute approximate surface area is 80.1 Å². The summed E-state index contributed by atoms with van der Waals surface area (Å²) < 4.78 is 5.10. The van der Waals surface area contributed by atoms with Crippen molar-refractivity contribution in [2.75, 3.05) is 6.61 Å². The molecule has 0 aromatic heterocycles. The maximum absolute atomic E-state index is 10.9. The first-order valence-corrected chi connectivity index (χ1v) is 4.90. The van der Waals surface area contributed by atoms with Gasteiger partial charge < -0.3 is 9.84 Å². The lowest BCUT2D eigenvalue weighted by Crippen LogP contribution is -2.17. The topological polar surface area (TPSA) is 46.5 Å². The first-order chi connectivity index (χ1) is 6.10. The molecular formula is C10H20O3. The van der Waals surface area contributed by atoms with Gasteiger partial charge in [-0.25, -0.2) is 0 Å². The number of hydrogen-bond acceptors (Lipinski definition) is 3. The molecule has 0 aromatic carbocycles. The first kappa shape index (κ1) is 12.4. The lowest BCUT2D eigenvalue weighted by Gasteiger charge is -2.16. The zero-order valence-corrected chi connectivity index (χ0v) is 8.75. The van der Waals surface area contributed by atoms with Gasteiger partial charge in [-0.05, 0) is 25.7 Å². The van der Waals surface area contributed by atoms with E-state index in [4.69, 9.17) is 9.84 Å². The molecule has 13 heavy (non-hydrogen) atoms. The van der Waals surface area contributed by atoms with Gasteiger partial charge in [0, 0.05) is 13.0 Å². The third-order valence-electron chi connectivity index (χ3n) is 1.98. The summed E-state index contributed by atoms with van der Waals surface area (Å²) in [6, 6.07) is 0. The molecule has 0 radical (unpaired) electrons. The predicted molar refractivity (Wildman–Crippen MR) is 51.3 cm³/mol. The molecule has 0 rings (SSSR count). The molecule has 0 aliphatic carbocycles. The van der Waals surface area contributed by atoms with Gasteiger partial charge in [0.1, 0.15) is 0 Å². The van der Waals surface area contributed by atoms with Crippen LogP contribution in [-0.4, -0.2) is 23.8 Å². The summed E-state index contributed by atoms with van der Waals surface area (Å²) in [6.07, 6.45) is 1.99. The molecule has 0 saturated carbocycles. The van der Waals surface area contributed by atoms with E-state index in [0.29, 0.717) is 12.3 Å². The van der Waals surface area contributed by atoms with Gasteiger partial charge in [-0.1, -0.05) is 13.8 Å². The molecule has 2 atom stereocenters. The number of ether oxygens (including phenoxy) is 1. The highest BCUT2D eigenvalue weighted by Crippen LogP contribution is 2.12. The molecule has 0 saturated heterocycles. The zero-order valence-electron chi connectivity index (χ0n) is 8.75. The van der Waals surface area contributed by atoms with E-state index in [9.17, 15) is 4.79 Å². The Bertz CT molecular complexity index is 145. The van der Waals surface area contributed by atoms with E-state index < -0.39 is 0 Å². The minimum absolute atomic E-state index is 0.0333. The molecule has 2 unspecified atom stereocenters. The summed E-state index contributed by atoms with van der Waals surface area (Å²) in [4.78, 5) is 10.9. The summed E-state index contributed by atoms with van der Waals surface area (Å²) >= 11 is 0. The molecule has 3 nitrogen and oxygen atoms in total. The van der Waals surface area contributed by atoms with Gasteiger partial charge in [0.25, 0.3) is 0 Å². The molecule has 78 valence electrons. The van der Waals surface area contributed by atoms with Crippen molar-refractivity contribution >= 4 is 5.97 Å². The maximum Gasteiger partial charge on any atom is 0.305 e. The van der Waals surface area contributed by atoms with E-state index in [1.54, 1.807) is 6.92 Å². The largest absolute Gasteiger partial charge is 0.463 e. The highest BCUT2D eigenvalue weighted by molar-refractivity contribution is 5.69. The van der Waals surface area contributed by atoms with Crippen molar-refractivity contribution in [2.45, 2.75) is 46.1 Å². The highest BCUT2D eigenvalue weighted by atomic mass is 16.5. The Morgan fingerprint density at radius 1 is 1.46 bits per heavy atom. The second-order valence-corrected chi connectivity index (χ2v) is 3.51. The van der Waals surface area contributed by atoms with Gasteiger partial charge in [0.15, 0.2) is 0 Å². The lowest BCUT2D eigenvalue weighted by molar-refractivity contribution is -0.148. The summed E-state index contributed by atoms with van der Waals surface area (Å²) in [5, 5.41) is 8.67. The van der Waals surface area contributed by atoms with Crippen molar-refractivity contribution in [1.29, 1.82) is 0 Å².